The number of benzene rings is 1. The van der Waals surface area contributed by atoms with Gasteiger partial charge in [0.15, 0.2) is 9.84 Å². The standard InChI is InChI=1S/C12H16FNO3S.ClH/c1-2-18(15,16)12-5-3-11(4-6-12)17-9-10(13)7-8-14;/h3-7H,2,8-9,14H2,1H3;1H/b10-7-;. The maximum Gasteiger partial charge on any atom is 0.178 e. The maximum atomic E-state index is 13.0. The molecule has 1 rings (SSSR count). The molecule has 7 heteroatoms. The van der Waals surface area contributed by atoms with Crippen LogP contribution >= 0.6 is 12.4 Å². The fraction of sp³-hybridized carbons (Fsp3) is 0.333. The molecular weight excluding hydrogens is 293 g/mol. The number of rotatable bonds is 6. The van der Waals surface area contributed by atoms with Gasteiger partial charge in [-0.15, -0.1) is 12.4 Å². The zero-order chi connectivity index (χ0) is 13.6. The fourth-order valence-corrected chi connectivity index (χ4v) is 2.13. The van der Waals surface area contributed by atoms with Crippen LogP contribution in [-0.2, 0) is 9.84 Å². The minimum atomic E-state index is -3.21. The molecule has 0 unspecified atom stereocenters. The van der Waals surface area contributed by atoms with Gasteiger partial charge in [0.25, 0.3) is 0 Å². The Labute approximate surface area is 118 Å². The lowest BCUT2D eigenvalue weighted by Gasteiger charge is -2.06. The van der Waals surface area contributed by atoms with E-state index in [2.05, 4.69) is 0 Å². The van der Waals surface area contributed by atoms with Crippen LogP contribution in [0.15, 0.2) is 41.1 Å². The lowest BCUT2D eigenvalue weighted by atomic mass is 10.3. The highest BCUT2D eigenvalue weighted by molar-refractivity contribution is 7.91. The average Bonchev–Trinajstić information content (AvgIpc) is 2.37. The first kappa shape index (κ1) is 17.9. The van der Waals surface area contributed by atoms with E-state index in [1.807, 2.05) is 0 Å². The molecule has 0 amide bonds. The summed E-state index contributed by atoms with van der Waals surface area (Å²) in [7, 11) is -3.21. The first-order chi connectivity index (χ1) is 8.49. The largest absolute Gasteiger partial charge is 0.487 e. The molecule has 0 aliphatic carbocycles. The van der Waals surface area contributed by atoms with Gasteiger partial charge in [-0.05, 0) is 30.3 Å². The third-order valence-corrected chi connectivity index (χ3v) is 4.03. The third kappa shape index (κ3) is 5.59. The second-order valence-electron chi connectivity index (χ2n) is 3.55. The molecule has 108 valence electrons. The van der Waals surface area contributed by atoms with Crippen molar-refractivity contribution in [2.45, 2.75) is 11.8 Å². The molecule has 0 aliphatic rings. The van der Waals surface area contributed by atoms with Crippen molar-refractivity contribution in [2.24, 2.45) is 5.73 Å². The summed E-state index contributed by atoms with van der Waals surface area (Å²) in [4.78, 5) is 0.232. The van der Waals surface area contributed by atoms with E-state index in [1.165, 1.54) is 30.3 Å². The van der Waals surface area contributed by atoms with Crippen LogP contribution in [-0.4, -0.2) is 27.3 Å². The summed E-state index contributed by atoms with van der Waals surface area (Å²) in [5, 5.41) is 0. The van der Waals surface area contributed by atoms with Crippen LogP contribution in [0.3, 0.4) is 0 Å². The van der Waals surface area contributed by atoms with Gasteiger partial charge in [-0.3, -0.25) is 0 Å². The van der Waals surface area contributed by atoms with Crippen molar-refractivity contribution in [1.82, 2.24) is 0 Å². The van der Waals surface area contributed by atoms with Crippen molar-refractivity contribution < 1.29 is 17.5 Å². The van der Waals surface area contributed by atoms with Crippen molar-refractivity contribution >= 4 is 22.2 Å². The molecule has 0 aliphatic heterocycles. The zero-order valence-electron chi connectivity index (χ0n) is 10.5. The van der Waals surface area contributed by atoms with Crippen LogP contribution < -0.4 is 10.5 Å². The van der Waals surface area contributed by atoms with Gasteiger partial charge in [-0.1, -0.05) is 6.92 Å². The smallest absolute Gasteiger partial charge is 0.178 e. The van der Waals surface area contributed by atoms with Gasteiger partial charge in [0.05, 0.1) is 10.6 Å². The Morgan fingerprint density at radius 1 is 1.37 bits per heavy atom. The van der Waals surface area contributed by atoms with Crippen LogP contribution in [0.5, 0.6) is 5.75 Å². The van der Waals surface area contributed by atoms with E-state index in [1.54, 1.807) is 6.92 Å². The Hall–Kier alpha value is -1.11. The number of hydrogen-bond acceptors (Lipinski definition) is 4. The molecule has 1 aromatic carbocycles. The molecule has 0 radical (unpaired) electrons. The van der Waals surface area contributed by atoms with Gasteiger partial charge >= 0.3 is 0 Å². The minimum Gasteiger partial charge on any atom is -0.487 e. The van der Waals surface area contributed by atoms with Gasteiger partial charge in [0.2, 0.25) is 0 Å². The lowest BCUT2D eigenvalue weighted by Crippen LogP contribution is -2.04. The fourth-order valence-electron chi connectivity index (χ4n) is 1.25. The Kier molecular flexibility index (Phi) is 7.66. The van der Waals surface area contributed by atoms with E-state index >= 15 is 0 Å². The van der Waals surface area contributed by atoms with Crippen molar-refractivity contribution in [3.8, 4) is 5.75 Å². The predicted octanol–water partition coefficient (Wildman–Crippen LogP) is 2.09. The quantitative estimate of drug-likeness (QED) is 0.873. The second kappa shape index (κ2) is 8.14. The van der Waals surface area contributed by atoms with Gasteiger partial charge < -0.3 is 10.5 Å². The van der Waals surface area contributed by atoms with E-state index in [0.29, 0.717) is 5.75 Å². The molecule has 4 nitrogen and oxygen atoms in total. The van der Waals surface area contributed by atoms with E-state index in [0.717, 1.165) is 0 Å². The molecule has 0 fully saturated rings. The molecule has 0 atom stereocenters. The molecule has 1 aromatic rings. The van der Waals surface area contributed by atoms with Crippen molar-refractivity contribution in [2.75, 3.05) is 18.9 Å². The second-order valence-corrected chi connectivity index (χ2v) is 5.83. The van der Waals surface area contributed by atoms with E-state index in [-0.39, 0.29) is 36.2 Å². The van der Waals surface area contributed by atoms with E-state index in [9.17, 15) is 12.8 Å². The Bertz CT molecular complexity index is 514. The molecule has 0 bridgehead atoms. The van der Waals surface area contributed by atoms with Crippen molar-refractivity contribution in [3.05, 3.63) is 36.2 Å². The predicted molar refractivity (Wildman–Crippen MR) is 75.2 cm³/mol. The van der Waals surface area contributed by atoms with Crippen LogP contribution in [0.4, 0.5) is 4.39 Å². The number of halogens is 2. The Morgan fingerprint density at radius 3 is 2.42 bits per heavy atom. The highest BCUT2D eigenvalue weighted by Crippen LogP contribution is 2.17. The summed E-state index contributed by atoms with van der Waals surface area (Å²) in [6.45, 7) is 1.48. The van der Waals surface area contributed by atoms with Crippen LogP contribution in [0.1, 0.15) is 6.92 Å². The number of sulfone groups is 1. The van der Waals surface area contributed by atoms with Crippen LogP contribution in [0, 0.1) is 0 Å². The molecule has 2 N–H and O–H groups in total. The third-order valence-electron chi connectivity index (χ3n) is 2.28. The van der Waals surface area contributed by atoms with Gasteiger partial charge in [0, 0.05) is 6.54 Å². The number of ether oxygens (including phenoxy) is 1. The molecule has 0 spiro atoms. The molecule has 0 saturated carbocycles. The van der Waals surface area contributed by atoms with Gasteiger partial charge in [-0.25, -0.2) is 12.8 Å². The lowest BCUT2D eigenvalue weighted by molar-refractivity contribution is 0.318. The molecule has 0 heterocycles. The maximum absolute atomic E-state index is 13.0. The van der Waals surface area contributed by atoms with Gasteiger partial charge in [0.1, 0.15) is 18.2 Å². The summed E-state index contributed by atoms with van der Waals surface area (Å²) in [6.07, 6.45) is 1.22. The zero-order valence-corrected chi connectivity index (χ0v) is 12.1. The number of nitrogens with two attached hydrogens (primary N) is 1. The molecule has 0 saturated heterocycles. The van der Waals surface area contributed by atoms with Crippen molar-refractivity contribution in [3.63, 3.8) is 0 Å². The summed E-state index contributed by atoms with van der Waals surface area (Å²) >= 11 is 0. The monoisotopic (exact) mass is 309 g/mol. The average molecular weight is 310 g/mol. The molecule has 0 aromatic heterocycles. The normalized spacial score (nSPS) is 11.8. The highest BCUT2D eigenvalue weighted by Gasteiger charge is 2.10. The summed E-state index contributed by atoms with van der Waals surface area (Å²) in [5.74, 6) is -0.00507. The van der Waals surface area contributed by atoms with Crippen molar-refractivity contribution in [1.29, 1.82) is 0 Å². The summed E-state index contributed by atoms with van der Waals surface area (Å²) in [5.41, 5.74) is 5.14. The first-order valence-corrected chi connectivity index (χ1v) is 7.15. The molecule has 19 heavy (non-hydrogen) atoms. The van der Waals surface area contributed by atoms with E-state index in [4.69, 9.17) is 10.5 Å². The minimum absolute atomic E-state index is 0. The topological polar surface area (TPSA) is 69.4 Å². The highest BCUT2D eigenvalue weighted by atomic mass is 35.5. The first-order valence-electron chi connectivity index (χ1n) is 5.50. The van der Waals surface area contributed by atoms with Gasteiger partial charge in [-0.2, -0.15) is 0 Å². The van der Waals surface area contributed by atoms with E-state index < -0.39 is 15.7 Å². The van der Waals surface area contributed by atoms with Crippen LogP contribution in [0.2, 0.25) is 0 Å². The molecular formula is C12H17ClFNO3S. The Balaban J connectivity index is 0.00000324. The summed E-state index contributed by atoms with van der Waals surface area (Å²) < 4.78 is 41.2. The van der Waals surface area contributed by atoms with Crippen LogP contribution in [0.25, 0.3) is 0 Å². The number of hydrogen-bond donors (Lipinski definition) is 1. The summed E-state index contributed by atoms with van der Waals surface area (Å²) in [6, 6.07) is 5.88. The SMILES string of the molecule is CCS(=O)(=O)c1ccc(OC/C(F)=C/CN)cc1.Cl. The Morgan fingerprint density at radius 2 is 1.95 bits per heavy atom.